The van der Waals surface area contributed by atoms with Gasteiger partial charge in [-0.3, -0.25) is 4.79 Å². The molecule has 2 rings (SSSR count). The van der Waals surface area contributed by atoms with Gasteiger partial charge >= 0.3 is 5.97 Å². The lowest BCUT2D eigenvalue weighted by molar-refractivity contribution is 0.0696. The number of carbonyl (C=O) groups excluding carboxylic acids is 1. The standard InChI is InChI=1S/C23H28O3/c1-4-6-16(2)7-5-8-18-9-14-21(17(3)15-18)22(24)19-10-12-20(13-11-19)23(25)26/h9-16H,4-8H2,1-3H3,(H,25,26). The summed E-state index contributed by atoms with van der Waals surface area (Å²) in [5.74, 6) is -0.281. The fourth-order valence-electron chi connectivity index (χ4n) is 3.35. The van der Waals surface area contributed by atoms with Crippen molar-refractivity contribution in [3.05, 3.63) is 70.3 Å². The van der Waals surface area contributed by atoms with E-state index in [-0.39, 0.29) is 11.3 Å². The molecule has 1 atom stereocenters. The van der Waals surface area contributed by atoms with Crippen molar-refractivity contribution in [1.29, 1.82) is 0 Å². The van der Waals surface area contributed by atoms with Gasteiger partial charge < -0.3 is 5.11 Å². The molecule has 0 aliphatic carbocycles. The van der Waals surface area contributed by atoms with Gasteiger partial charge in [0, 0.05) is 11.1 Å². The molecule has 0 aromatic heterocycles. The van der Waals surface area contributed by atoms with Crippen molar-refractivity contribution in [2.75, 3.05) is 0 Å². The monoisotopic (exact) mass is 352 g/mol. The smallest absolute Gasteiger partial charge is 0.335 e. The number of carboxylic acid groups (broad SMARTS) is 1. The molecule has 0 bridgehead atoms. The molecule has 0 fully saturated rings. The van der Waals surface area contributed by atoms with Crippen LogP contribution in [0.2, 0.25) is 0 Å². The number of carboxylic acids is 1. The lowest BCUT2D eigenvalue weighted by Gasteiger charge is -2.11. The minimum Gasteiger partial charge on any atom is -0.478 e. The van der Waals surface area contributed by atoms with Crippen LogP contribution in [0.5, 0.6) is 0 Å². The molecule has 2 aromatic carbocycles. The lowest BCUT2D eigenvalue weighted by Crippen LogP contribution is -2.05. The van der Waals surface area contributed by atoms with Crippen LogP contribution >= 0.6 is 0 Å². The van der Waals surface area contributed by atoms with E-state index in [2.05, 4.69) is 19.9 Å². The maximum atomic E-state index is 12.7. The van der Waals surface area contributed by atoms with Crippen LogP contribution < -0.4 is 0 Å². The van der Waals surface area contributed by atoms with E-state index in [1.807, 2.05) is 19.1 Å². The number of hydrogen-bond acceptors (Lipinski definition) is 2. The second-order valence-electron chi connectivity index (χ2n) is 7.15. The predicted molar refractivity (Wildman–Crippen MR) is 105 cm³/mol. The number of carbonyl (C=O) groups is 2. The Hall–Kier alpha value is -2.42. The van der Waals surface area contributed by atoms with Crippen molar-refractivity contribution < 1.29 is 14.7 Å². The van der Waals surface area contributed by atoms with Gasteiger partial charge in [-0.2, -0.15) is 0 Å². The molecule has 2 aromatic rings. The molecule has 1 N–H and O–H groups in total. The third-order valence-corrected chi connectivity index (χ3v) is 4.87. The highest BCUT2D eigenvalue weighted by molar-refractivity contribution is 6.10. The first kappa shape index (κ1) is 19.9. The van der Waals surface area contributed by atoms with Gasteiger partial charge in [0.25, 0.3) is 0 Å². The van der Waals surface area contributed by atoms with Crippen molar-refractivity contribution in [1.82, 2.24) is 0 Å². The zero-order chi connectivity index (χ0) is 19.1. The zero-order valence-corrected chi connectivity index (χ0v) is 15.9. The molecular weight excluding hydrogens is 324 g/mol. The number of aromatic carboxylic acids is 1. The summed E-state index contributed by atoms with van der Waals surface area (Å²) < 4.78 is 0. The molecule has 0 saturated carbocycles. The molecule has 0 amide bonds. The second kappa shape index (κ2) is 9.33. The van der Waals surface area contributed by atoms with E-state index in [1.165, 1.54) is 43.4 Å². The number of hydrogen-bond donors (Lipinski definition) is 1. The Kier molecular flexibility index (Phi) is 7.14. The second-order valence-corrected chi connectivity index (χ2v) is 7.15. The number of ketones is 1. The van der Waals surface area contributed by atoms with E-state index < -0.39 is 5.97 Å². The van der Waals surface area contributed by atoms with Gasteiger partial charge in [-0.05, 0) is 48.9 Å². The Morgan fingerprint density at radius 3 is 2.23 bits per heavy atom. The normalized spacial score (nSPS) is 12.0. The SMILES string of the molecule is CCCC(C)CCCc1ccc(C(=O)c2ccc(C(=O)O)cc2)c(C)c1. The van der Waals surface area contributed by atoms with Crippen LogP contribution in [0.15, 0.2) is 42.5 Å². The first-order valence-electron chi connectivity index (χ1n) is 9.40. The van der Waals surface area contributed by atoms with Crippen LogP contribution in [0.25, 0.3) is 0 Å². The fraction of sp³-hybridized carbons (Fsp3) is 0.391. The Balaban J connectivity index is 2.04. The summed E-state index contributed by atoms with van der Waals surface area (Å²) in [7, 11) is 0. The average molecular weight is 352 g/mol. The van der Waals surface area contributed by atoms with E-state index >= 15 is 0 Å². The fourth-order valence-corrected chi connectivity index (χ4v) is 3.35. The molecule has 0 aliphatic rings. The van der Waals surface area contributed by atoms with Crippen LogP contribution in [-0.2, 0) is 6.42 Å². The summed E-state index contributed by atoms with van der Waals surface area (Å²) in [5, 5.41) is 8.96. The molecule has 26 heavy (non-hydrogen) atoms. The summed E-state index contributed by atoms with van der Waals surface area (Å²) in [6.45, 7) is 6.50. The molecule has 1 unspecified atom stereocenters. The van der Waals surface area contributed by atoms with Gasteiger partial charge in [0.2, 0.25) is 0 Å². The van der Waals surface area contributed by atoms with Gasteiger partial charge in [0.05, 0.1) is 5.56 Å². The molecule has 0 radical (unpaired) electrons. The zero-order valence-electron chi connectivity index (χ0n) is 15.9. The highest BCUT2D eigenvalue weighted by Gasteiger charge is 2.13. The third kappa shape index (κ3) is 5.29. The van der Waals surface area contributed by atoms with Gasteiger partial charge in [-0.15, -0.1) is 0 Å². The molecule has 0 heterocycles. The van der Waals surface area contributed by atoms with E-state index in [1.54, 1.807) is 12.1 Å². The van der Waals surface area contributed by atoms with E-state index in [9.17, 15) is 9.59 Å². The van der Waals surface area contributed by atoms with Crippen molar-refractivity contribution >= 4 is 11.8 Å². The van der Waals surface area contributed by atoms with Gasteiger partial charge in [-0.25, -0.2) is 4.79 Å². The molecule has 0 aliphatic heterocycles. The van der Waals surface area contributed by atoms with Crippen molar-refractivity contribution in [2.45, 2.75) is 52.9 Å². The van der Waals surface area contributed by atoms with E-state index in [4.69, 9.17) is 5.11 Å². The quantitative estimate of drug-likeness (QED) is 0.590. The Morgan fingerprint density at radius 1 is 1.00 bits per heavy atom. The highest BCUT2D eigenvalue weighted by Crippen LogP contribution is 2.19. The van der Waals surface area contributed by atoms with E-state index in [0.717, 1.165) is 17.9 Å². The molecule has 3 heteroatoms. The highest BCUT2D eigenvalue weighted by atomic mass is 16.4. The molecule has 3 nitrogen and oxygen atoms in total. The third-order valence-electron chi connectivity index (χ3n) is 4.87. The summed E-state index contributed by atoms with van der Waals surface area (Å²) in [6, 6.07) is 12.1. The van der Waals surface area contributed by atoms with Gasteiger partial charge in [-0.1, -0.05) is 63.4 Å². The molecule has 138 valence electrons. The predicted octanol–water partition coefficient (Wildman–Crippen LogP) is 5.68. The van der Waals surface area contributed by atoms with Gasteiger partial charge in [0.15, 0.2) is 5.78 Å². The summed E-state index contributed by atoms with van der Waals surface area (Å²) in [4.78, 5) is 23.6. The summed E-state index contributed by atoms with van der Waals surface area (Å²) in [6.07, 6.45) is 5.97. The Bertz CT molecular complexity index is 760. The minimum absolute atomic E-state index is 0.0671. The topological polar surface area (TPSA) is 54.4 Å². The first-order valence-corrected chi connectivity index (χ1v) is 9.40. The van der Waals surface area contributed by atoms with Crippen LogP contribution in [0.1, 0.15) is 76.9 Å². The minimum atomic E-state index is -0.988. The largest absolute Gasteiger partial charge is 0.478 e. The maximum Gasteiger partial charge on any atom is 0.335 e. The number of rotatable bonds is 9. The molecule has 0 saturated heterocycles. The number of benzene rings is 2. The van der Waals surface area contributed by atoms with Crippen LogP contribution in [-0.4, -0.2) is 16.9 Å². The van der Waals surface area contributed by atoms with Crippen LogP contribution in [0.3, 0.4) is 0 Å². The lowest BCUT2D eigenvalue weighted by atomic mass is 9.94. The van der Waals surface area contributed by atoms with Crippen molar-refractivity contribution in [3.63, 3.8) is 0 Å². The van der Waals surface area contributed by atoms with Crippen LogP contribution in [0, 0.1) is 12.8 Å². The number of aryl methyl sites for hydroxylation is 2. The van der Waals surface area contributed by atoms with Crippen LogP contribution in [0.4, 0.5) is 0 Å². The maximum absolute atomic E-state index is 12.7. The van der Waals surface area contributed by atoms with Crippen molar-refractivity contribution in [3.8, 4) is 0 Å². The van der Waals surface area contributed by atoms with Gasteiger partial charge in [0.1, 0.15) is 0 Å². The molecular formula is C23H28O3. The Morgan fingerprint density at radius 2 is 1.65 bits per heavy atom. The summed E-state index contributed by atoms with van der Waals surface area (Å²) >= 11 is 0. The first-order chi connectivity index (χ1) is 12.4. The summed E-state index contributed by atoms with van der Waals surface area (Å²) in [5.41, 5.74) is 3.61. The molecule has 0 spiro atoms. The van der Waals surface area contributed by atoms with Crippen molar-refractivity contribution in [2.24, 2.45) is 5.92 Å². The Labute approximate surface area is 156 Å². The van der Waals surface area contributed by atoms with E-state index in [0.29, 0.717) is 11.1 Å². The average Bonchev–Trinajstić information content (AvgIpc) is 2.61.